The molecule has 4 aromatic heterocycles. The van der Waals surface area contributed by atoms with E-state index in [2.05, 4.69) is 32.7 Å². The fraction of sp³-hybridized carbons (Fsp3) is 0.214. The van der Waals surface area contributed by atoms with Crippen LogP contribution in [0.2, 0.25) is 0 Å². The second-order valence-electron chi connectivity index (χ2n) is 9.14. The molecule has 188 valence electrons. The van der Waals surface area contributed by atoms with Crippen LogP contribution < -0.4 is 10.6 Å². The van der Waals surface area contributed by atoms with E-state index in [-0.39, 0.29) is 18.3 Å². The molecule has 6 rings (SSSR count). The van der Waals surface area contributed by atoms with E-state index in [0.29, 0.717) is 12.2 Å². The number of aromatic nitrogens is 5. The molecule has 0 aliphatic carbocycles. The first-order chi connectivity index (χ1) is 17.6. The van der Waals surface area contributed by atoms with Crippen LogP contribution in [0.25, 0.3) is 22.1 Å². The summed E-state index contributed by atoms with van der Waals surface area (Å²) in [5.41, 5.74) is 8.15. The number of carbonyl (C=O) groups excluding carboxylic acids is 1. The molecule has 1 aliphatic heterocycles. The Kier molecular flexibility index (Phi) is 6.78. The van der Waals surface area contributed by atoms with Crippen LogP contribution in [0.3, 0.4) is 0 Å². The van der Waals surface area contributed by atoms with Gasteiger partial charge in [-0.05, 0) is 74.3 Å². The van der Waals surface area contributed by atoms with E-state index in [1.165, 1.54) is 5.57 Å². The normalized spacial score (nSPS) is 13.4. The van der Waals surface area contributed by atoms with Gasteiger partial charge >= 0.3 is 0 Å². The van der Waals surface area contributed by atoms with Gasteiger partial charge in [0, 0.05) is 23.8 Å². The molecule has 1 aliphatic rings. The number of fused-ring (bicyclic) bond motifs is 2. The fourth-order valence-corrected chi connectivity index (χ4v) is 4.91. The number of halogens is 1. The maximum atomic E-state index is 13.3. The molecule has 0 fully saturated rings. The van der Waals surface area contributed by atoms with Gasteiger partial charge < -0.3 is 10.6 Å². The summed E-state index contributed by atoms with van der Waals surface area (Å²) in [6.07, 6.45) is 6.75. The maximum absolute atomic E-state index is 13.3. The minimum atomic E-state index is -0.212. The minimum Gasteiger partial charge on any atom is -0.320 e. The highest BCUT2D eigenvalue weighted by Crippen LogP contribution is 2.28. The number of amides is 1. The predicted octanol–water partition coefficient (Wildman–Crippen LogP) is 4.79. The topological polar surface area (TPSA) is 89.1 Å². The lowest BCUT2D eigenvalue weighted by Gasteiger charge is -2.14. The molecule has 0 spiro atoms. The number of aryl methyl sites for hydroxylation is 2. The van der Waals surface area contributed by atoms with Gasteiger partial charge in [-0.1, -0.05) is 18.2 Å². The van der Waals surface area contributed by atoms with Crippen molar-refractivity contribution in [2.45, 2.75) is 26.8 Å². The Balaban J connectivity index is 0.00000280. The molecule has 0 radical (unpaired) electrons. The Bertz CT molecular complexity index is 1650. The largest absolute Gasteiger partial charge is 0.320 e. The number of hydrogen-bond acceptors (Lipinski definition) is 5. The van der Waals surface area contributed by atoms with Crippen molar-refractivity contribution >= 4 is 46.1 Å². The molecule has 0 saturated carbocycles. The molecule has 1 aromatic carbocycles. The monoisotopic (exact) mass is 513 g/mol. The number of pyridine rings is 2. The standard InChI is InChI=1S/C28H27N7O.ClH/c1-18-5-3-6-22(31-18)17-35-24-8-4-7-23(27(24)19(2)33-35)32-28(36)25-16-30-26-15-21(11-14-34(25)26)20-9-12-29-13-10-20;/h3-9,11,14-16,29H,10,12-13,17H2,1-2H3,(H,32,36);1H. The summed E-state index contributed by atoms with van der Waals surface area (Å²) in [6, 6.07) is 15.9. The van der Waals surface area contributed by atoms with Gasteiger partial charge in [0.15, 0.2) is 0 Å². The number of benzene rings is 1. The molecule has 0 saturated heterocycles. The van der Waals surface area contributed by atoms with Crippen LogP contribution in [0.15, 0.2) is 67.0 Å². The molecule has 0 bridgehead atoms. The number of nitrogens with zero attached hydrogens (tertiary/aromatic N) is 5. The van der Waals surface area contributed by atoms with Crippen LogP contribution >= 0.6 is 12.4 Å². The lowest BCUT2D eigenvalue weighted by molar-refractivity contribution is 0.102. The molecule has 5 heterocycles. The zero-order chi connectivity index (χ0) is 24.6. The van der Waals surface area contributed by atoms with E-state index in [9.17, 15) is 4.79 Å². The number of imidazole rings is 1. The average Bonchev–Trinajstić information content (AvgIpc) is 3.46. The first-order valence-electron chi connectivity index (χ1n) is 12.1. The molecule has 37 heavy (non-hydrogen) atoms. The second-order valence-corrected chi connectivity index (χ2v) is 9.14. The number of rotatable bonds is 5. The molecule has 2 N–H and O–H groups in total. The lowest BCUT2D eigenvalue weighted by Crippen LogP contribution is -2.20. The smallest absolute Gasteiger partial charge is 0.274 e. The maximum Gasteiger partial charge on any atom is 0.274 e. The van der Waals surface area contributed by atoms with E-state index in [4.69, 9.17) is 5.10 Å². The second kappa shape index (κ2) is 10.2. The van der Waals surface area contributed by atoms with Gasteiger partial charge in [0.25, 0.3) is 5.91 Å². The summed E-state index contributed by atoms with van der Waals surface area (Å²) >= 11 is 0. The van der Waals surface area contributed by atoms with Crippen LogP contribution in [0.4, 0.5) is 5.69 Å². The third-order valence-electron chi connectivity index (χ3n) is 6.64. The van der Waals surface area contributed by atoms with Gasteiger partial charge in [0.1, 0.15) is 11.3 Å². The van der Waals surface area contributed by atoms with Gasteiger partial charge in [0.05, 0.1) is 35.3 Å². The predicted molar refractivity (Wildman–Crippen MR) is 148 cm³/mol. The number of nitrogens with one attached hydrogen (secondary N) is 2. The van der Waals surface area contributed by atoms with E-state index in [1.54, 1.807) is 6.20 Å². The first-order valence-corrected chi connectivity index (χ1v) is 12.1. The first kappa shape index (κ1) is 24.7. The van der Waals surface area contributed by atoms with Gasteiger partial charge in [-0.15, -0.1) is 12.4 Å². The van der Waals surface area contributed by atoms with Crippen LogP contribution in [0.1, 0.15) is 39.6 Å². The zero-order valence-corrected chi connectivity index (χ0v) is 21.5. The molecular weight excluding hydrogens is 486 g/mol. The van der Waals surface area contributed by atoms with Crippen LogP contribution in [-0.4, -0.2) is 43.1 Å². The van der Waals surface area contributed by atoms with Crippen molar-refractivity contribution in [3.8, 4) is 0 Å². The third kappa shape index (κ3) is 4.73. The Labute approximate surface area is 220 Å². The minimum absolute atomic E-state index is 0. The van der Waals surface area contributed by atoms with Crippen LogP contribution in [0, 0.1) is 13.8 Å². The molecular formula is C28H28ClN7O. The molecule has 9 heteroatoms. The van der Waals surface area contributed by atoms with E-state index in [1.807, 2.05) is 71.6 Å². The van der Waals surface area contributed by atoms with E-state index in [0.717, 1.165) is 64.4 Å². The van der Waals surface area contributed by atoms with Crippen molar-refractivity contribution in [1.82, 2.24) is 29.5 Å². The van der Waals surface area contributed by atoms with Crippen molar-refractivity contribution in [3.63, 3.8) is 0 Å². The Hall–Kier alpha value is -4.01. The molecule has 8 nitrogen and oxygen atoms in total. The van der Waals surface area contributed by atoms with Gasteiger partial charge in [-0.3, -0.25) is 18.9 Å². The molecule has 0 atom stereocenters. The van der Waals surface area contributed by atoms with E-state index >= 15 is 0 Å². The molecule has 0 unspecified atom stereocenters. The van der Waals surface area contributed by atoms with Crippen molar-refractivity contribution < 1.29 is 4.79 Å². The van der Waals surface area contributed by atoms with Crippen molar-refractivity contribution in [2.75, 3.05) is 18.4 Å². The van der Waals surface area contributed by atoms with Gasteiger partial charge in [-0.2, -0.15) is 5.10 Å². The van der Waals surface area contributed by atoms with Crippen LogP contribution in [0.5, 0.6) is 0 Å². The number of anilines is 1. The van der Waals surface area contributed by atoms with Gasteiger partial charge in [0.2, 0.25) is 0 Å². The summed E-state index contributed by atoms with van der Waals surface area (Å²) < 4.78 is 3.77. The fourth-order valence-electron chi connectivity index (χ4n) is 4.91. The Morgan fingerprint density at radius 3 is 2.81 bits per heavy atom. The lowest BCUT2D eigenvalue weighted by atomic mass is 10.0. The SMILES string of the molecule is Cc1cccc(Cn2nc(C)c3c(NC(=O)c4cnc5cc(C6=CCNCC6)ccn45)cccc32)n1.Cl. The van der Waals surface area contributed by atoms with Crippen LogP contribution in [-0.2, 0) is 6.54 Å². The Morgan fingerprint density at radius 2 is 2.00 bits per heavy atom. The highest BCUT2D eigenvalue weighted by molar-refractivity contribution is 6.08. The van der Waals surface area contributed by atoms with E-state index < -0.39 is 0 Å². The third-order valence-corrected chi connectivity index (χ3v) is 6.64. The summed E-state index contributed by atoms with van der Waals surface area (Å²) in [7, 11) is 0. The summed E-state index contributed by atoms with van der Waals surface area (Å²) in [4.78, 5) is 22.5. The van der Waals surface area contributed by atoms with Crippen molar-refractivity contribution in [2.24, 2.45) is 0 Å². The Morgan fingerprint density at radius 1 is 1.14 bits per heavy atom. The summed E-state index contributed by atoms with van der Waals surface area (Å²) in [5.74, 6) is -0.212. The molecule has 5 aromatic rings. The highest BCUT2D eigenvalue weighted by atomic mass is 35.5. The average molecular weight is 514 g/mol. The molecule has 1 amide bonds. The highest BCUT2D eigenvalue weighted by Gasteiger charge is 2.18. The van der Waals surface area contributed by atoms with Crippen molar-refractivity contribution in [3.05, 3.63) is 95.3 Å². The quantitative estimate of drug-likeness (QED) is 0.352. The van der Waals surface area contributed by atoms with Crippen molar-refractivity contribution in [1.29, 1.82) is 0 Å². The number of hydrogen-bond donors (Lipinski definition) is 2. The summed E-state index contributed by atoms with van der Waals surface area (Å²) in [5, 5.41) is 12.1. The number of carbonyl (C=O) groups is 1. The summed E-state index contributed by atoms with van der Waals surface area (Å²) in [6.45, 7) is 6.36. The zero-order valence-electron chi connectivity index (χ0n) is 20.7. The van der Waals surface area contributed by atoms with Gasteiger partial charge in [-0.25, -0.2) is 4.98 Å².